The van der Waals surface area contributed by atoms with Crippen LogP contribution in [0, 0.1) is 13.8 Å². The summed E-state index contributed by atoms with van der Waals surface area (Å²) in [7, 11) is 0. The fourth-order valence-corrected chi connectivity index (χ4v) is 3.10. The highest BCUT2D eigenvalue weighted by Gasteiger charge is 2.21. The van der Waals surface area contributed by atoms with Crippen LogP contribution in [0.5, 0.6) is 0 Å². The molecule has 0 unspecified atom stereocenters. The number of piperazine rings is 1. The minimum absolute atomic E-state index is 0.00122. The third-order valence-electron chi connectivity index (χ3n) is 4.53. The fraction of sp³-hybridized carbons (Fsp3) is 0.350. The number of anilines is 1. The van der Waals surface area contributed by atoms with Gasteiger partial charge in [-0.15, -0.1) is 0 Å². The first-order valence-corrected chi connectivity index (χ1v) is 8.51. The van der Waals surface area contributed by atoms with E-state index in [-0.39, 0.29) is 6.03 Å². The SMILES string of the molecule is Cc1ccc(NC(=O)N2CCN(Cc3ccccc3)CC2)c(C)c1. The molecule has 0 radical (unpaired) electrons. The predicted molar refractivity (Wildman–Crippen MR) is 98.2 cm³/mol. The lowest BCUT2D eigenvalue weighted by Gasteiger charge is -2.34. The molecule has 1 fully saturated rings. The Morgan fingerprint density at radius 1 is 1.00 bits per heavy atom. The number of urea groups is 1. The Balaban J connectivity index is 1.51. The lowest BCUT2D eigenvalue weighted by Crippen LogP contribution is -2.49. The second-order valence-electron chi connectivity index (χ2n) is 6.50. The summed E-state index contributed by atoms with van der Waals surface area (Å²) in [4.78, 5) is 16.8. The largest absolute Gasteiger partial charge is 0.322 e. The van der Waals surface area contributed by atoms with E-state index in [0.717, 1.165) is 44.0 Å². The standard InChI is InChI=1S/C20H25N3O/c1-16-8-9-19(17(2)14-16)21-20(24)23-12-10-22(11-13-23)15-18-6-4-3-5-7-18/h3-9,14H,10-13,15H2,1-2H3,(H,21,24). The molecular formula is C20H25N3O. The van der Waals surface area contributed by atoms with Gasteiger partial charge in [0.15, 0.2) is 0 Å². The molecule has 1 aliphatic rings. The number of nitrogens with one attached hydrogen (secondary N) is 1. The molecule has 0 aromatic heterocycles. The molecule has 0 spiro atoms. The summed E-state index contributed by atoms with van der Waals surface area (Å²) in [6.07, 6.45) is 0. The second-order valence-corrected chi connectivity index (χ2v) is 6.50. The van der Waals surface area contributed by atoms with Crippen molar-refractivity contribution >= 4 is 11.7 Å². The Kier molecular flexibility index (Phi) is 5.16. The number of benzene rings is 2. The maximum Gasteiger partial charge on any atom is 0.321 e. The van der Waals surface area contributed by atoms with Crippen LogP contribution in [0.25, 0.3) is 0 Å². The van der Waals surface area contributed by atoms with Gasteiger partial charge in [-0.2, -0.15) is 0 Å². The van der Waals surface area contributed by atoms with Crippen LogP contribution in [0.2, 0.25) is 0 Å². The Labute approximate surface area is 144 Å². The first-order chi connectivity index (χ1) is 11.6. The third-order valence-corrected chi connectivity index (χ3v) is 4.53. The monoisotopic (exact) mass is 323 g/mol. The van der Waals surface area contributed by atoms with Crippen molar-refractivity contribution in [2.45, 2.75) is 20.4 Å². The summed E-state index contributed by atoms with van der Waals surface area (Å²) in [5, 5.41) is 3.04. The lowest BCUT2D eigenvalue weighted by molar-refractivity contribution is 0.143. The summed E-state index contributed by atoms with van der Waals surface area (Å²) >= 11 is 0. The normalized spacial score (nSPS) is 15.3. The highest BCUT2D eigenvalue weighted by molar-refractivity contribution is 5.90. The third kappa shape index (κ3) is 4.15. The Morgan fingerprint density at radius 2 is 1.71 bits per heavy atom. The van der Waals surface area contributed by atoms with Crippen LogP contribution in [0.15, 0.2) is 48.5 Å². The fourth-order valence-electron chi connectivity index (χ4n) is 3.10. The molecule has 4 nitrogen and oxygen atoms in total. The number of rotatable bonds is 3. The van der Waals surface area contributed by atoms with Crippen LogP contribution < -0.4 is 5.32 Å². The average molecular weight is 323 g/mol. The topological polar surface area (TPSA) is 35.6 Å². The van der Waals surface area contributed by atoms with E-state index < -0.39 is 0 Å². The minimum Gasteiger partial charge on any atom is -0.322 e. The van der Waals surface area contributed by atoms with Crippen molar-refractivity contribution in [1.82, 2.24) is 9.80 Å². The van der Waals surface area contributed by atoms with Gasteiger partial charge in [0, 0.05) is 38.4 Å². The highest BCUT2D eigenvalue weighted by atomic mass is 16.2. The number of hydrogen-bond donors (Lipinski definition) is 1. The average Bonchev–Trinajstić information content (AvgIpc) is 2.59. The molecule has 1 aliphatic heterocycles. The Morgan fingerprint density at radius 3 is 2.38 bits per heavy atom. The van der Waals surface area contributed by atoms with Gasteiger partial charge in [-0.25, -0.2) is 4.79 Å². The summed E-state index contributed by atoms with van der Waals surface area (Å²) in [6.45, 7) is 8.40. The van der Waals surface area contributed by atoms with E-state index >= 15 is 0 Å². The lowest BCUT2D eigenvalue weighted by atomic mass is 10.1. The van der Waals surface area contributed by atoms with Gasteiger partial charge in [-0.05, 0) is 31.0 Å². The van der Waals surface area contributed by atoms with E-state index in [9.17, 15) is 4.79 Å². The van der Waals surface area contributed by atoms with Crippen molar-refractivity contribution in [2.24, 2.45) is 0 Å². The molecule has 24 heavy (non-hydrogen) atoms. The first-order valence-electron chi connectivity index (χ1n) is 8.51. The summed E-state index contributed by atoms with van der Waals surface area (Å²) < 4.78 is 0. The van der Waals surface area contributed by atoms with Gasteiger partial charge in [-0.3, -0.25) is 4.90 Å². The molecule has 1 N–H and O–H groups in total. The zero-order valence-electron chi connectivity index (χ0n) is 14.5. The van der Waals surface area contributed by atoms with Crippen LogP contribution in [0.1, 0.15) is 16.7 Å². The molecule has 0 atom stereocenters. The van der Waals surface area contributed by atoms with Crippen LogP contribution in [0.4, 0.5) is 10.5 Å². The van der Waals surface area contributed by atoms with E-state index in [1.54, 1.807) is 0 Å². The molecule has 2 aromatic rings. The van der Waals surface area contributed by atoms with Crippen molar-refractivity contribution in [3.05, 3.63) is 65.2 Å². The number of nitrogens with zero attached hydrogens (tertiary/aromatic N) is 2. The van der Waals surface area contributed by atoms with Crippen molar-refractivity contribution < 1.29 is 4.79 Å². The summed E-state index contributed by atoms with van der Waals surface area (Å²) in [5.74, 6) is 0. The number of aryl methyl sites for hydroxylation is 2. The molecule has 1 saturated heterocycles. The van der Waals surface area contributed by atoms with Gasteiger partial charge in [-0.1, -0.05) is 48.0 Å². The smallest absolute Gasteiger partial charge is 0.321 e. The molecule has 126 valence electrons. The molecule has 4 heteroatoms. The zero-order valence-corrected chi connectivity index (χ0v) is 14.5. The molecule has 0 bridgehead atoms. The summed E-state index contributed by atoms with van der Waals surface area (Å²) in [5.41, 5.74) is 4.54. The maximum atomic E-state index is 12.5. The number of carbonyl (C=O) groups excluding carboxylic acids is 1. The number of carbonyl (C=O) groups is 1. The number of hydrogen-bond acceptors (Lipinski definition) is 2. The van der Waals surface area contributed by atoms with Crippen LogP contribution in [0.3, 0.4) is 0 Å². The molecule has 0 aliphatic carbocycles. The Bertz CT molecular complexity index is 691. The van der Waals surface area contributed by atoms with Gasteiger partial charge in [0.1, 0.15) is 0 Å². The van der Waals surface area contributed by atoms with E-state index in [1.807, 2.05) is 30.0 Å². The summed E-state index contributed by atoms with van der Waals surface area (Å²) in [6, 6.07) is 16.6. The van der Waals surface area contributed by atoms with Gasteiger partial charge in [0.05, 0.1) is 0 Å². The van der Waals surface area contributed by atoms with Crippen molar-refractivity contribution in [1.29, 1.82) is 0 Å². The molecule has 2 amide bonds. The van der Waals surface area contributed by atoms with E-state index in [2.05, 4.69) is 47.5 Å². The van der Waals surface area contributed by atoms with Crippen molar-refractivity contribution in [2.75, 3.05) is 31.5 Å². The quantitative estimate of drug-likeness (QED) is 0.936. The molecule has 1 heterocycles. The van der Waals surface area contributed by atoms with Crippen LogP contribution in [-0.2, 0) is 6.54 Å². The van der Waals surface area contributed by atoms with E-state index in [0.29, 0.717) is 0 Å². The van der Waals surface area contributed by atoms with Gasteiger partial charge >= 0.3 is 6.03 Å². The van der Waals surface area contributed by atoms with Gasteiger partial charge < -0.3 is 10.2 Å². The molecular weight excluding hydrogens is 298 g/mol. The first kappa shape index (κ1) is 16.5. The zero-order chi connectivity index (χ0) is 16.9. The van der Waals surface area contributed by atoms with Gasteiger partial charge in [0.2, 0.25) is 0 Å². The van der Waals surface area contributed by atoms with Crippen molar-refractivity contribution in [3.63, 3.8) is 0 Å². The van der Waals surface area contributed by atoms with E-state index in [1.165, 1.54) is 11.1 Å². The molecule has 0 saturated carbocycles. The van der Waals surface area contributed by atoms with Crippen LogP contribution in [-0.4, -0.2) is 42.0 Å². The second kappa shape index (κ2) is 7.49. The molecule has 3 rings (SSSR count). The van der Waals surface area contributed by atoms with Crippen LogP contribution >= 0.6 is 0 Å². The van der Waals surface area contributed by atoms with Crippen molar-refractivity contribution in [3.8, 4) is 0 Å². The predicted octanol–water partition coefficient (Wildman–Crippen LogP) is 3.65. The number of amides is 2. The maximum absolute atomic E-state index is 12.5. The minimum atomic E-state index is 0.00122. The van der Waals surface area contributed by atoms with Gasteiger partial charge in [0.25, 0.3) is 0 Å². The van der Waals surface area contributed by atoms with E-state index in [4.69, 9.17) is 0 Å². The molecule has 2 aromatic carbocycles. The Hall–Kier alpha value is -2.33. The highest BCUT2D eigenvalue weighted by Crippen LogP contribution is 2.17.